The predicted molar refractivity (Wildman–Crippen MR) is 287 cm³/mol. The zero-order valence-corrected chi connectivity index (χ0v) is 38.0. The van der Waals surface area contributed by atoms with Crippen molar-refractivity contribution in [3.05, 3.63) is 241 Å². The number of halogens is 3. The van der Waals surface area contributed by atoms with Gasteiger partial charge in [0.05, 0.1) is 74.2 Å². The van der Waals surface area contributed by atoms with Crippen LogP contribution in [-0.4, -0.2) is 18.3 Å². The lowest BCUT2D eigenvalue weighted by Gasteiger charge is -2.23. The van der Waals surface area contributed by atoms with Crippen molar-refractivity contribution < 1.29 is 13.2 Å². The molecule has 0 amide bonds. The van der Waals surface area contributed by atoms with Gasteiger partial charge in [-0.05, 0) is 60.2 Å². The van der Waals surface area contributed by atoms with E-state index in [-0.39, 0.29) is 28.2 Å². The summed E-state index contributed by atoms with van der Waals surface area (Å²) in [5.74, 6) is 0. The maximum Gasteiger partial charge on any atom is 0.415 e. The highest BCUT2D eigenvalue weighted by molar-refractivity contribution is 6.26. The fourth-order valence-corrected chi connectivity index (χ4v) is 11.6. The lowest BCUT2D eigenvalue weighted by atomic mass is 9.94. The molecule has 14 rings (SSSR count). The Labute approximate surface area is 409 Å². The lowest BCUT2D eigenvalue weighted by Crippen LogP contribution is -2.09. The molecule has 0 aliphatic carbocycles. The molecule has 4 aromatic heterocycles. The molecule has 9 heteroatoms. The van der Waals surface area contributed by atoms with E-state index in [1.807, 2.05) is 120 Å². The molecule has 72 heavy (non-hydrogen) atoms. The van der Waals surface area contributed by atoms with Gasteiger partial charge in [-0.25, -0.2) is 9.69 Å². The van der Waals surface area contributed by atoms with E-state index in [0.717, 1.165) is 93.6 Å². The van der Waals surface area contributed by atoms with Gasteiger partial charge in [0.25, 0.3) is 0 Å². The van der Waals surface area contributed by atoms with Gasteiger partial charge >= 0.3 is 6.18 Å². The summed E-state index contributed by atoms with van der Waals surface area (Å²) in [6.45, 7) is 17.8. The number of benzene rings is 10. The summed E-state index contributed by atoms with van der Waals surface area (Å²) >= 11 is 0. The van der Waals surface area contributed by atoms with Crippen molar-refractivity contribution in [1.82, 2.24) is 18.3 Å². The Morgan fingerprint density at radius 3 is 1.19 bits per heavy atom. The Bertz CT molecular complexity index is 4690. The molecular formula is C63H35F3N6. The van der Waals surface area contributed by atoms with E-state index in [0.29, 0.717) is 16.7 Å². The number of aromatic nitrogens is 4. The van der Waals surface area contributed by atoms with Crippen LogP contribution in [0.1, 0.15) is 5.56 Å². The highest BCUT2D eigenvalue weighted by Gasteiger charge is 2.37. The fourth-order valence-electron chi connectivity index (χ4n) is 11.6. The third kappa shape index (κ3) is 5.65. The number of alkyl halides is 3. The van der Waals surface area contributed by atoms with Crippen molar-refractivity contribution >= 4 is 98.6 Å². The minimum absolute atomic E-state index is 0.106. The first-order valence-corrected chi connectivity index (χ1v) is 23.5. The second kappa shape index (κ2) is 15.3. The standard InChI is InChI=1S/C63H35F3N6/c1-67-50-27-17-26-49(63(64,65)66)56(50)48-36-37-55(71-53-30-15-11-24-42(53)46-34-32-44-40-22-9-13-28-51(40)69(59(44)61(46)71)38-18-5-3-6-19-38)57(68-2)58(48)72-54-31-16-12-25-43(54)47-35-33-45-41-23-10-14-29-52(41)70(60(45)62(47)72)39-20-7-4-8-21-39/h3-37H. The normalized spacial score (nSPS) is 12.1. The van der Waals surface area contributed by atoms with Crippen LogP contribution >= 0.6 is 0 Å². The molecule has 0 spiro atoms. The topological polar surface area (TPSA) is 28.4 Å². The number of fused-ring (bicyclic) bond motifs is 14. The average Bonchev–Trinajstić information content (AvgIpc) is 4.16. The van der Waals surface area contributed by atoms with Crippen LogP contribution < -0.4 is 0 Å². The summed E-state index contributed by atoms with van der Waals surface area (Å²) in [7, 11) is 0. The molecule has 0 bridgehead atoms. The molecule has 0 radical (unpaired) electrons. The molecule has 0 saturated heterocycles. The van der Waals surface area contributed by atoms with Crippen molar-refractivity contribution in [2.24, 2.45) is 0 Å². The van der Waals surface area contributed by atoms with Crippen LogP contribution in [0.5, 0.6) is 0 Å². The van der Waals surface area contributed by atoms with Gasteiger partial charge in [0.2, 0.25) is 5.69 Å². The minimum atomic E-state index is -4.85. The van der Waals surface area contributed by atoms with Crippen molar-refractivity contribution in [2.75, 3.05) is 0 Å². The second-order valence-corrected chi connectivity index (χ2v) is 18.0. The SMILES string of the molecule is [C-]#[N+]c1cccc(C(F)(F)F)c1-c1ccc(-n2c3ccccc3c3ccc4c5ccccc5n(-c5ccccc5)c4c32)c([N+]#[C-])c1-n1c2ccccc2c2ccc3c4ccccc4n(-c4ccccc4)c3c21. The van der Waals surface area contributed by atoms with Crippen LogP contribution in [0.2, 0.25) is 0 Å². The highest BCUT2D eigenvalue weighted by atomic mass is 19.4. The maximum absolute atomic E-state index is 15.7. The zero-order chi connectivity index (χ0) is 48.4. The van der Waals surface area contributed by atoms with E-state index in [1.165, 1.54) is 12.1 Å². The third-order valence-corrected chi connectivity index (χ3v) is 14.4. The number of hydrogen-bond donors (Lipinski definition) is 0. The fraction of sp³-hybridized carbons (Fsp3) is 0.0159. The molecule has 0 N–H and O–H groups in total. The number of hydrogen-bond acceptors (Lipinski definition) is 0. The molecule has 0 fully saturated rings. The van der Waals surface area contributed by atoms with Crippen molar-refractivity contribution in [2.45, 2.75) is 6.18 Å². The van der Waals surface area contributed by atoms with Crippen molar-refractivity contribution in [1.29, 1.82) is 0 Å². The first kappa shape index (κ1) is 41.2. The number of rotatable bonds is 5. The molecule has 4 heterocycles. The molecule has 0 unspecified atom stereocenters. The van der Waals surface area contributed by atoms with E-state index in [1.54, 1.807) is 12.1 Å². The molecule has 0 aliphatic heterocycles. The Hall–Kier alpha value is -9.83. The van der Waals surface area contributed by atoms with Gasteiger partial charge in [-0.15, -0.1) is 0 Å². The Morgan fingerprint density at radius 2 is 0.750 bits per heavy atom. The van der Waals surface area contributed by atoms with Crippen LogP contribution in [-0.2, 0) is 6.18 Å². The summed E-state index contributed by atoms with van der Waals surface area (Å²) in [5, 5.41) is 7.59. The van der Waals surface area contributed by atoms with Gasteiger partial charge in [0.1, 0.15) is 0 Å². The highest BCUT2D eigenvalue weighted by Crippen LogP contribution is 2.52. The Morgan fingerprint density at radius 1 is 0.347 bits per heavy atom. The molecule has 14 aromatic rings. The van der Waals surface area contributed by atoms with Gasteiger partial charge in [-0.1, -0.05) is 158 Å². The Kier molecular flexibility index (Phi) is 8.77. The molecule has 10 aromatic carbocycles. The monoisotopic (exact) mass is 932 g/mol. The second-order valence-electron chi connectivity index (χ2n) is 18.0. The van der Waals surface area contributed by atoms with Crippen LogP contribution in [0.3, 0.4) is 0 Å². The van der Waals surface area contributed by atoms with Crippen LogP contribution in [0.15, 0.2) is 212 Å². The van der Waals surface area contributed by atoms with Crippen LogP contribution in [0.4, 0.5) is 24.5 Å². The summed E-state index contributed by atoms with van der Waals surface area (Å²) in [4.78, 5) is 8.24. The van der Waals surface area contributed by atoms with E-state index in [4.69, 9.17) is 6.57 Å². The van der Waals surface area contributed by atoms with Gasteiger partial charge in [-0.3, -0.25) is 0 Å². The summed E-state index contributed by atoms with van der Waals surface area (Å²) in [5.41, 5.74) is 8.09. The number of nitrogens with zero attached hydrogens (tertiary/aromatic N) is 6. The largest absolute Gasteiger partial charge is 0.415 e. The lowest BCUT2D eigenvalue weighted by molar-refractivity contribution is -0.137. The van der Waals surface area contributed by atoms with Crippen LogP contribution in [0, 0.1) is 13.1 Å². The smallest absolute Gasteiger partial charge is 0.317 e. The quantitative estimate of drug-likeness (QED) is 0.154. The Balaban J connectivity index is 1.24. The maximum atomic E-state index is 15.7. The van der Waals surface area contributed by atoms with E-state index in [2.05, 4.69) is 90.1 Å². The average molecular weight is 933 g/mol. The molecule has 0 saturated carbocycles. The first-order chi connectivity index (χ1) is 35.4. The summed E-state index contributed by atoms with van der Waals surface area (Å²) in [6, 6.07) is 68.4. The molecule has 6 nitrogen and oxygen atoms in total. The van der Waals surface area contributed by atoms with Gasteiger partial charge < -0.3 is 18.3 Å². The van der Waals surface area contributed by atoms with Gasteiger partial charge in [0.15, 0.2) is 5.69 Å². The minimum Gasteiger partial charge on any atom is -0.317 e. The zero-order valence-electron chi connectivity index (χ0n) is 38.0. The summed E-state index contributed by atoms with van der Waals surface area (Å²) in [6.07, 6.45) is -4.85. The van der Waals surface area contributed by atoms with E-state index in [9.17, 15) is 6.57 Å². The first-order valence-electron chi connectivity index (χ1n) is 23.5. The van der Waals surface area contributed by atoms with Crippen molar-refractivity contribution in [3.63, 3.8) is 0 Å². The number of para-hydroxylation sites is 6. The van der Waals surface area contributed by atoms with Gasteiger partial charge in [0, 0.05) is 60.0 Å². The third-order valence-electron chi connectivity index (χ3n) is 14.4. The van der Waals surface area contributed by atoms with E-state index >= 15 is 13.2 Å². The van der Waals surface area contributed by atoms with Crippen LogP contribution in [0.25, 0.3) is 131 Å². The molecule has 0 atom stereocenters. The molecule has 0 aliphatic rings. The van der Waals surface area contributed by atoms with Crippen molar-refractivity contribution in [3.8, 4) is 33.9 Å². The molecular weight excluding hydrogens is 898 g/mol. The van der Waals surface area contributed by atoms with E-state index < -0.39 is 11.7 Å². The summed E-state index contributed by atoms with van der Waals surface area (Å²) < 4.78 is 55.6. The van der Waals surface area contributed by atoms with Gasteiger partial charge in [-0.2, -0.15) is 13.2 Å². The molecule has 338 valence electrons. The predicted octanol–water partition coefficient (Wildman–Crippen LogP) is 17.9.